The highest BCUT2D eigenvalue weighted by Gasteiger charge is 2.20. The monoisotopic (exact) mass is 342 g/mol. The van der Waals surface area contributed by atoms with Crippen LogP contribution in [0.1, 0.15) is 73.4 Å². The van der Waals surface area contributed by atoms with Gasteiger partial charge in [-0.3, -0.25) is 0 Å². The Kier molecular flexibility index (Phi) is 7.45. The zero-order chi connectivity index (χ0) is 18.2. The first-order chi connectivity index (χ1) is 12.1. The molecule has 2 rings (SSSR count). The fourth-order valence-electron chi connectivity index (χ4n) is 3.27. The second kappa shape index (κ2) is 9.57. The van der Waals surface area contributed by atoms with Gasteiger partial charge in [0.25, 0.3) is 0 Å². The van der Waals surface area contributed by atoms with E-state index in [2.05, 4.69) is 38.1 Å². The van der Waals surface area contributed by atoms with Crippen molar-refractivity contribution < 1.29 is 14.6 Å². The molecule has 0 amide bonds. The summed E-state index contributed by atoms with van der Waals surface area (Å²) in [6.45, 7) is 4.63. The molecule has 0 aromatic rings. The van der Waals surface area contributed by atoms with E-state index in [9.17, 15) is 4.79 Å². The maximum Gasteiger partial charge on any atom is 0.338 e. The molecule has 1 N–H and O–H groups in total. The van der Waals surface area contributed by atoms with Crippen molar-refractivity contribution in [1.82, 2.24) is 0 Å². The van der Waals surface area contributed by atoms with Crippen LogP contribution in [0, 0.1) is 0 Å². The Morgan fingerprint density at radius 1 is 1.00 bits per heavy atom. The largest absolute Gasteiger partial charge is 0.465 e. The molecule has 0 heterocycles. The van der Waals surface area contributed by atoms with E-state index in [-0.39, 0.29) is 12.6 Å². The maximum atomic E-state index is 12.2. The third-order valence-electron chi connectivity index (χ3n) is 4.81. The Bertz CT molecular complexity index is 661. The molecule has 0 bridgehead atoms. The average Bonchev–Trinajstić information content (AvgIpc) is 2.79. The minimum Gasteiger partial charge on any atom is -0.465 e. The summed E-state index contributed by atoms with van der Waals surface area (Å²) in [6.07, 6.45) is 6.33. The molecule has 25 heavy (non-hydrogen) atoms. The first-order valence-corrected chi connectivity index (χ1v) is 9.33. The van der Waals surface area contributed by atoms with Gasteiger partial charge in [0.05, 0.1) is 12.7 Å². The van der Waals surface area contributed by atoms with Crippen LogP contribution < -0.4 is 0 Å². The topological polar surface area (TPSA) is 46.5 Å². The molecule has 0 unspecified atom stereocenters. The van der Waals surface area contributed by atoms with Gasteiger partial charge in [-0.05, 0) is 53.5 Å². The number of fused-ring (bicyclic) bond motifs is 1. The van der Waals surface area contributed by atoms with Gasteiger partial charge < -0.3 is 9.84 Å². The van der Waals surface area contributed by atoms with Crippen molar-refractivity contribution in [2.45, 2.75) is 58.3 Å². The van der Waals surface area contributed by atoms with Crippen molar-refractivity contribution in [1.29, 1.82) is 0 Å². The summed E-state index contributed by atoms with van der Waals surface area (Å²) in [5.41, 5.74) is 5.29. The zero-order valence-electron chi connectivity index (χ0n) is 15.7. The van der Waals surface area contributed by atoms with E-state index in [1.807, 2.05) is 6.07 Å². The van der Waals surface area contributed by atoms with E-state index in [1.165, 1.54) is 18.2 Å². The van der Waals surface area contributed by atoms with Crippen LogP contribution in [0.15, 0.2) is 30.3 Å². The zero-order valence-corrected chi connectivity index (χ0v) is 15.7. The molecule has 136 valence electrons. The molecule has 0 aromatic carbocycles. The van der Waals surface area contributed by atoms with E-state index >= 15 is 0 Å². The number of carbonyl (C=O) groups is 1. The molecule has 0 spiro atoms. The van der Waals surface area contributed by atoms with Gasteiger partial charge in [0.1, 0.15) is 0 Å². The number of hydrogen-bond acceptors (Lipinski definition) is 3. The van der Waals surface area contributed by atoms with Crippen molar-refractivity contribution in [3.05, 3.63) is 47.0 Å². The Hall–Kier alpha value is -1.87. The van der Waals surface area contributed by atoms with Gasteiger partial charge in [-0.25, -0.2) is 4.79 Å². The van der Waals surface area contributed by atoms with Crippen LogP contribution in [0.2, 0.25) is 0 Å². The lowest BCUT2D eigenvalue weighted by atomic mass is 10.0. The lowest BCUT2D eigenvalue weighted by Crippen LogP contribution is -2.00. The summed E-state index contributed by atoms with van der Waals surface area (Å²) in [5.74, 6) is 0.185. The Labute approximate surface area is 151 Å². The van der Waals surface area contributed by atoms with E-state index in [1.54, 1.807) is 0 Å². The molecule has 0 saturated carbocycles. The molecule has 3 nitrogen and oxygen atoms in total. The van der Waals surface area contributed by atoms with Crippen LogP contribution in [-0.4, -0.2) is 24.8 Å². The normalized spacial score (nSPS) is 11.2. The Balaban J connectivity index is 2.22. The molecule has 2 aliphatic rings. The number of ether oxygens (including phenoxy) is 1. The van der Waals surface area contributed by atoms with E-state index in [0.29, 0.717) is 11.5 Å². The van der Waals surface area contributed by atoms with Crippen molar-refractivity contribution in [3.8, 4) is 11.1 Å². The predicted molar refractivity (Wildman–Crippen MR) is 102 cm³/mol. The van der Waals surface area contributed by atoms with Gasteiger partial charge in [-0.1, -0.05) is 57.4 Å². The van der Waals surface area contributed by atoms with E-state index in [4.69, 9.17) is 9.84 Å². The van der Waals surface area contributed by atoms with Gasteiger partial charge >= 0.3 is 5.97 Å². The van der Waals surface area contributed by atoms with Crippen LogP contribution in [0.5, 0.6) is 0 Å². The van der Waals surface area contributed by atoms with Crippen LogP contribution in [0.4, 0.5) is 0 Å². The lowest BCUT2D eigenvalue weighted by Gasteiger charge is -2.03. The summed E-state index contributed by atoms with van der Waals surface area (Å²) in [7, 11) is 1.44. The Morgan fingerprint density at radius 3 is 2.28 bits per heavy atom. The fraction of sp³-hybridized carbons (Fsp3) is 0.500. The smallest absolute Gasteiger partial charge is 0.338 e. The van der Waals surface area contributed by atoms with Gasteiger partial charge in [-0.15, -0.1) is 0 Å². The molecule has 0 saturated heterocycles. The first kappa shape index (κ1) is 19.5. The SMILES string of the molecule is COC(=O)c1cc(CCCCCCCO)c2ccc(C(C)C)ccc1-2. The fourth-order valence-corrected chi connectivity index (χ4v) is 3.27. The molecule has 3 heteroatoms. The van der Waals surface area contributed by atoms with Crippen molar-refractivity contribution in [3.63, 3.8) is 0 Å². The number of aliphatic hydroxyl groups excluding tert-OH is 1. The highest BCUT2D eigenvalue weighted by Crippen LogP contribution is 2.34. The van der Waals surface area contributed by atoms with Crippen LogP contribution in [0.3, 0.4) is 0 Å². The molecule has 0 aliphatic heterocycles. The molecular formula is C22H30O3. The number of methoxy groups -OCH3 is 1. The van der Waals surface area contributed by atoms with Gasteiger partial charge in [-0.2, -0.15) is 0 Å². The Morgan fingerprint density at radius 2 is 1.64 bits per heavy atom. The molecule has 0 fully saturated rings. The lowest BCUT2D eigenvalue weighted by molar-refractivity contribution is 0.0602. The minimum absolute atomic E-state index is 0.267. The number of esters is 1. The third kappa shape index (κ3) is 5.05. The summed E-state index contributed by atoms with van der Waals surface area (Å²) in [6, 6.07) is 10.5. The van der Waals surface area contributed by atoms with Crippen molar-refractivity contribution >= 4 is 5.97 Å². The van der Waals surface area contributed by atoms with Gasteiger partial charge in [0.2, 0.25) is 0 Å². The summed E-state index contributed by atoms with van der Waals surface area (Å²) in [5, 5.41) is 8.84. The third-order valence-corrected chi connectivity index (χ3v) is 4.81. The van der Waals surface area contributed by atoms with Crippen molar-refractivity contribution in [2.24, 2.45) is 0 Å². The molecule has 0 atom stereocenters. The summed E-state index contributed by atoms with van der Waals surface area (Å²) < 4.78 is 4.97. The van der Waals surface area contributed by atoms with E-state index < -0.39 is 0 Å². The highest BCUT2D eigenvalue weighted by atomic mass is 16.5. The standard InChI is InChI=1S/C22H30O3/c1-16(2)17-10-12-19-18(9-7-5-4-6-8-14-23)15-21(22(24)25-3)20(19)13-11-17/h10-13,15-16,23H,4-9,14H2,1-3H3. The maximum absolute atomic E-state index is 12.2. The summed E-state index contributed by atoms with van der Waals surface area (Å²) >= 11 is 0. The minimum atomic E-state index is -0.267. The molecular weight excluding hydrogens is 312 g/mol. The number of carbonyl (C=O) groups excluding carboxylic acids is 1. The number of rotatable bonds is 9. The molecule has 0 radical (unpaired) electrons. The molecule has 2 aliphatic carbocycles. The van der Waals surface area contributed by atoms with Crippen molar-refractivity contribution in [2.75, 3.05) is 13.7 Å². The number of aryl methyl sites for hydroxylation is 1. The van der Waals surface area contributed by atoms with Gasteiger partial charge in [0.15, 0.2) is 0 Å². The number of hydrogen-bond donors (Lipinski definition) is 1. The predicted octanol–water partition coefficient (Wildman–Crippen LogP) is 5.19. The van der Waals surface area contributed by atoms with Crippen LogP contribution in [-0.2, 0) is 11.2 Å². The number of unbranched alkanes of at least 4 members (excludes halogenated alkanes) is 4. The highest BCUT2D eigenvalue weighted by molar-refractivity contribution is 6.00. The first-order valence-electron chi connectivity index (χ1n) is 9.33. The second-order valence-electron chi connectivity index (χ2n) is 6.96. The molecule has 0 aromatic heterocycles. The van der Waals surface area contributed by atoms with Crippen LogP contribution >= 0.6 is 0 Å². The van der Waals surface area contributed by atoms with E-state index in [0.717, 1.165) is 49.7 Å². The second-order valence-corrected chi connectivity index (χ2v) is 6.96. The number of aliphatic hydroxyl groups is 1. The van der Waals surface area contributed by atoms with Gasteiger partial charge in [0, 0.05) is 6.61 Å². The summed E-state index contributed by atoms with van der Waals surface area (Å²) in [4.78, 5) is 12.2. The average molecular weight is 342 g/mol. The quantitative estimate of drug-likeness (QED) is 0.504. The van der Waals surface area contributed by atoms with Crippen LogP contribution in [0.25, 0.3) is 11.1 Å².